The number of nitrogens with zero attached hydrogens (tertiary/aromatic N) is 2. The number of fused-ring (bicyclic) bond motifs is 1. The second kappa shape index (κ2) is 9.51. The van der Waals surface area contributed by atoms with Crippen LogP contribution in [-0.4, -0.2) is 23.7 Å². The Hall–Kier alpha value is -4.51. The number of aryl methyl sites for hydroxylation is 2. The zero-order valence-corrected chi connectivity index (χ0v) is 20.7. The second-order valence-electron chi connectivity index (χ2n) is 9.27. The maximum Gasteiger partial charge on any atom is 0.589 e. The van der Waals surface area contributed by atoms with E-state index < -0.39 is 0 Å². The van der Waals surface area contributed by atoms with E-state index in [0.717, 1.165) is 44.8 Å². The third-order valence-electron chi connectivity index (χ3n) is 6.94. The van der Waals surface area contributed by atoms with Crippen molar-refractivity contribution in [3.63, 3.8) is 0 Å². The van der Waals surface area contributed by atoms with Crippen LogP contribution in [0.5, 0.6) is 0 Å². The van der Waals surface area contributed by atoms with Crippen LogP contribution >= 0.6 is 0 Å². The summed E-state index contributed by atoms with van der Waals surface area (Å²) in [6.45, 7) is 4.22. The zero-order chi connectivity index (χ0) is 25.4. The number of nitrogens with one attached hydrogen (secondary N) is 1. The van der Waals surface area contributed by atoms with Gasteiger partial charge in [0.1, 0.15) is 0 Å². The van der Waals surface area contributed by atoms with Crippen molar-refractivity contribution < 1.29 is 9.31 Å². The molecule has 1 radical (unpaired) electrons. The summed E-state index contributed by atoms with van der Waals surface area (Å²) in [6.07, 6.45) is 0. The molecule has 0 fully saturated rings. The molecule has 4 aromatic carbocycles. The number of benzene rings is 4. The minimum Gasteiger partial charge on any atom is -0.287 e. The number of amidine groups is 1. The van der Waals surface area contributed by atoms with Crippen molar-refractivity contribution in [2.45, 2.75) is 13.8 Å². The lowest BCUT2D eigenvalue weighted by atomic mass is 9.95. The van der Waals surface area contributed by atoms with Gasteiger partial charge in [-0.15, -0.1) is 4.99 Å². The molecule has 0 atom stereocenters. The SMILES string of the molecule is Cc1cc2c(cc1C)/C(=[NH+]/c1c(-c3ccccc3)cc(-c3ccccc3)n1[B]F)N=C2c1ccccc1. The predicted molar refractivity (Wildman–Crippen MR) is 150 cm³/mol. The molecular formula is C32H25BFN3+. The van der Waals surface area contributed by atoms with Crippen LogP contribution in [0.15, 0.2) is 114 Å². The van der Waals surface area contributed by atoms with Crippen LogP contribution in [0.3, 0.4) is 0 Å². The molecule has 0 amide bonds. The number of hydrogen-bond acceptors (Lipinski definition) is 0. The molecule has 177 valence electrons. The topological polar surface area (TPSA) is 31.3 Å². The Morgan fingerprint density at radius 1 is 0.649 bits per heavy atom. The Labute approximate surface area is 217 Å². The van der Waals surface area contributed by atoms with Crippen LogP contribution < -0.4 is 4.99 Å². The summed E-state index contributed by atoms with van der Waals surface area (Å²) in [4.78, 5) is 8.61. The van der Waals surface area contributed by atoms with Gasteiger partial charge < -0.3 is 0 Å². The Kier molecular flexibility index (Phi) is 5.89. The summed E-state index contributed by atoms with van der Waals surface area (Å²) in [5.41, 5.74) is 10.0. The molecule has 0 saturated carbocycles. The molecule has 5 aromatic rings. The molecular weight excluding hydrogens is 456 g/mol. The quantitative estimate of drug-likeness (QED) is 0.308. The van der Waals surface area contributed by atoms with Crippen molar-refractivity contribution in [1.82, 2.24) is 4.48 Å². The number of aromatic nitrogens is 1. The van der Waals surface area contributed by atoms with Crippen LogP contribution in [0.25, 0.3) is 22.4 Å². The molecule has 1 aliphatic heterocycles. The maximum absolute atomic E-state index is 14.6. The van der Waals surface area contributed by atoms with Gasteiger partial charge in [-0.1, -0.05) is 91.0 Å². The first-order chi connectivity index (χ1) is 18.1. The van der Waals surface area contributed by atoms with Gasteiger partial charge in [0.15, 0.2) is 5.71 Å². The third kappa shape index (κ3) is 4.13. The summed E-state index contributed by atoms with van der Waals surface area (Å²) >= 11 is 0. The van der Waals surface area contributed by atoms with Gasteiger partial charge in [0.25, 0.3) is 5.84 Å². The van der Waals surface area contributed by atoms with Crippen molar-refractivity contribution in [3.05, 3.63) is 137 Å². The zero-order valence-electron chi connectivity index (χ0n) is 20.7. The molecule has 0 aliphatic carbocycles. The molecule has 3 nitrogen and oxygen atoms in total. The Bertz CT molecular complexity index is 1650. The van der Waals surface area contributed by atoms with Gasteiger partial charge in [-0.2, -0.15) is 0 Å². The highest BCUT2D eigenvalue weighted by atomic mass is 19.1. The van der Waals surface area contributed by atoms with Gasteiger partial charge in [0, 0.05) is 16.7 Å². The first-order valence-electron chi connectivity index (χ1n) is 12.3. The van der Waals surface area contributed by atoms with Crippen LogP contribution in [0, 0.1) is 13.8 Å². The molecule has 0 unspecified atom stereocenters. The number of hydrogen-bond donors (Lipinski definition) is 1. The van der Waals surface area contributed by atoms with Crippen molar-refractivity contribution >= 4 is 25.1 Å². The average Bonchev–Trinajstić information content (AvgIpc) is 3.48. The molecule has 2 heterocycles. The lowest BCUT2D eigenvalue weighted by Crippen LogP contribution is -2.67. The number of rotatable bonds is 5. The summed E-state index contributed by atoms with van der Waals surface area (Å²) in [5, 5.41) is 0. The van der Waals surface area contributed by atoms with Gasteiger partial charge in [-0.3, -0.25) is 8.79 Å². The number of aliphatic imine (C=N–C) groups is 1. The summed E-state index contributed by atoms with van der Waals surface area (Å²) < 4.78 is 16.2. The van der Waals surface area contributed by atoms with E-state index in [9.17, 15) is 4.32 Å². The molecule has 0 bridgehead atoms. The van der Waals surface area contributed by atoms with E-state index in [4.69, 9.17) is 4.99 Å². The minimum absolute atomic E-state index is 0.621. The predicted octanol–water partition coefficient (Wildman–Crippen LogP) is 5.80. The lowest BCUT2D eigenvalue weighted by Gasteiger charge is -2.06. The number of halogens is 1. The average molecular weight is 481 g/mol. The van der Waals surface area contributed by atoms with Gasteiger partial charge in [0.05, 0.1) is 16.8 Å². The van der Waals surface area contributed by atoms with Gasteiger partial charge >= 0.3 is 7.69 Å². The van der Waals surface area contributed by atoms with Crippen molar-refractivity contribution in [1.29, 1.82) is 0 Å². The Morgan fingerprint density at radius 2 is 1.19 bits per heavy atom. The standard InChI is InChI=1S/C32H24BFN3/c1-21-18-27-28(19-22(21)2)31(35-30(27)25-16-10-5-11-17-25)36-32-26(23-12-6-3-7-13-23)20-29(37(32)33-34)24-14-8-4-9-15-24/h3-20H,1-2H3/p+1/b36-31-. The third-order valence-corrected chi connectivity index (χ3v) is 6.94. The first-order valence-corrected chi connectivity index (χ1v) is 12.3. The van der Waals surface area contributed by atoms with Crippen LogP contribution in [0.4, 0.5) is 10.1 Å². The van der Waals surface area contributed by atoms with Crippen molar-refractivity contribution in [3.8, 4) is 22.4 Å². The highest BCUT2D eigenvalue weighted by Crippen LogP contribution is 2.34. The van der Waals surface area contributed by atoms with Crippen LogP contribution in [0.2, 0.25) is 0 Å². The van der Waals surface area contributed by atoms with Crippen molar-refractivity contribution in [2.24, 2.45) is 4.99 Å². The molecule has 6 rings (SSSR count). The normalized spacial score (nSPS) is 13.5. The van der Waals surface area contributed by atoms with Crippen LogP contribution in [0.1, 0.15) is 27.8 Å². The first kappa shape index (κ1) is 22.9. The second-order valence-corrected chi connectivity index (χ2v) is 9.27. The Balaban J connectivity index is 1.62. The van der Waals surface area contributed by atoms with E-state index in [-0.39, 0.29) is 0 Å². The van der Waals surface area contributed by atoms with Gasteiger partial charge in [0.2, 0.25) is 5.82 Å². The van der Waals surface area contributed by atoms with Crippen molar-refractivity contribution in [2.75, 3.05) is 0 Å². The molecule has 37 heavy (non-hydrogen) atoms. The maximum atomic E-state index is 14.6. The van der Waals surface area contributed by atoms with E-state index >= 15 is 0 Å². The van der Waals surface area contributed by atoms with E-state index in [2.05, 4.69) is 43.1 Å². The molecule has 0 spiro atoms. The lowest BCUT2D eigenvalue weighted by molar-refractivity contribution is -0.359. The molecule has 1 N–H and O–H groups in total. The smallest absolute Gasteiger partial charge is 0.287 e. The monoisotopic (exact) mass is 481 g/mol. The highest BCUT2D eigenvalue weighted by molar-refractivity contribution is 6.28. The molecule has 1 aromatic heterocycles. The molecule has 5 heteroatoms. The largest absolute Gasteiger partial charge is 0.589 e. The highest BCUT2D eigenvalue weighted by Gasteiger charge is 2.31. The minimum atomic E-state index is 0.621. The van der Waals surface area contributed by atoms with E-state index in [1.807, 2.05) is 84.9 Å². The van der Waals surface area contributed by atoms with Gasteiger partial charge in [-0.25, -0.2) is 4.99 Å². The van der Waals surface area contributed by atoms with Crippen LogP contribution in [-0.2, 0) is 0 Å². The van der Waals surface area contributed by atoms with E-state index in [1.165, 1.54) is 11.1 Å². The van der Waals surface area contributed by atoms with Gasteiger partial charge in [-0.05, 0) is 48.7 Å². The summed E-state index contributed by atoms with van der Waals surface area (Å²) in [5.74, 6) is 1.33. The fourth-order valence-electron chi connectivity index (χ4n) is 4.89. The fraction of sp³-hybridized carbons (Fsp3) is 0.0625. The fourth-order valence-corrected chi connectivity index (χ4v) is 4.89. The summed E-state index contributed by atoms with van der Waals surface area (Å²) in [7, 11) is 0.621. The molecule has 0 saturated heterocycles. The Morgan fingerprint density at radius 3 is 1.78 bits per heavy atom. The summed E-state index contributed by atoms with van der Waals surface area (Å²) in [6, 6.07) is 36.5. The van der Waals surface area contributed by atoms with E-state index in [0.29, 0.717) is 19.3 Å². The van der Waals surface area contributed by atoms with E-state index in [1.54, 1.807) is 4.48 Å². The molecule has 1 aliphatic rings.